The van der Waals surface area contributed by atoms with Crippen molar-refractivity contribution in [3.63, 3.8) is 0 Å². The van der Waals surface area contributed by atoms with Crippen LogP contribution in [0.4, 0.5) is 0 Å². The van der Waals surface area contributed by atoms with E-state index in [0.717, 1.165) is 0 Å². The Labute approximate surface area is 57.4 Å². The zero-order valence-electron chi connectivity index (χ0n) is 4.85. The number of furan rings is 1. The second-order valence-corrected chi connectivity index (χ2v) is 2.12. The van der Waals surface area contributed by atoms with Crippen molar-refractivity contribution < 1.29 is 9.21 Å². The van der Waals surface area contributed by atoms with Crippen molar-refractivity contribution in [1.29, 1.82) is 0 Å². The van der Waals surface area contributed by atoms with E-state index >= 15 is 0 Å². The molecule has 1 rings (SSSR count). The fraction of sp³-hybridized carbons (Fsp3) is 0.167. The number of carbonyl (C=O) groups is 1. The third kappa shape index (κ3) is 1.33. The first-order valence-electron chi connectivity index (χ1n) is 2.45. The van der Waals surface area contributed by atoms with Gasteiger partial charge in [-0.2, -0.15) is 0 Å². The number of Topliss-reactive ketones (excluding diaryl/α,β-unsaturated/α-hetero) is 1. The van der Waals surface area contributed by atoms with Crippen LogP contribution >= 0.6 is 11.6 Å². The van der Waals surface area contributed by atoms with Crippen molar-refractivity contribution in [1.82, 2.24) is 0 Å². The van der Waals surface area contributed by atoms with Crippen LogP contribution in [0.2, 0.25) is 5.02 Å². The Morgan fingerprint density at radius 3 is 2.67 bits per heavy atom. The topological polar surface area (TPSA) is 30.2 Å². The van der Waals surface area contributed by atoms with Crippen LogP contribution in [0.15, 0.2) is 16.7 Å². The average molecular weight is 145 g/mol. The number of rotatable bonds is 1. The first-order valence-corrected chi connectivity index (χ1v) is 2.83. The van der Waals surface area contributed by atoms with E-state index in [1.54, 1.807) is 0 Å². The summed E-state index contributed by atoms with van der Waals surface area (Å²) in [5.41, 5.74) is 0. The Kier molecular flexibility index (Phi) is 1.58. The smallest absolute Gasteiger partial charge is 0.194 e. The Balaban J connectivity index is 2.98. The highest BCUT2D eigenvalue weighted by Gasteiger charge is 2.02. The number of carbonyl (C=O) groups excluding carboxylic acids is 1. The third-order valence-electron chi connectivity index (χ3n) is 0.914. The summed E-state index contributed by atoms with van der Waals surface area (Å²) < 4.78 is 4.74. The molecule has 48 valence electrons. The largest absolute Gasteiger partial charge is 0.460 e. The van der Waals surface area contributed by atoms with E-state index in [0.29, 0.717) is 10.8 Å². The lowest BCUT2D eigenvalue weighted by molar-refractivity contribution is 0.0987. The zero-order valence-corrected chi connectivity index (χ0v) is 5.61. The van der Waals surface area contributed by atoms with Gasteiger partial charge in [0.25, 0.3) is 0 Å². The molecule has 1 heterocycles. The van der Waals surface area contributed by atoms with Crippen molar-refractivity contribution in [2.75, 3.05) is 0 Å². The Hall–Kier alpha value is -0.760. The number of halogens is 1. The van der Waals surface area contributed by atoms with Crippen LogP contribution in [0.5, 0.6) is 0 Å². The second kappa shape index (κ2) is 2.23. The molecule has 0 aromatic carbocycles. The highest BCUT2D eigenvalue weighted by molar-refractivity contribution is 6.30. The molecule has 0 saturated heterocycles. The van der Waals surface area contributed by atoms with Gasteiger partial charge in [0.1, 0.15) is 6.26 Å². The lowest BCUT2D eigenvalue weighted by atomic mass is 10.3. The quantitative estimate of drug-likeness (QED) is 0.566. The van der Waals surface area contributed by atoms with Gasteiger partial charge in [0, 0.05) is 13.0 Å². The Morgan fingerprint density at radius 1 is 1.78 bits per heavy atom. The molecule has 0 radical (unpaired) electrons. The summed E-state index contributed by atoms with van der Waals surface area (Å²) in [6.45, 7) is 1.43. The molecule has 0 fully saturated rings. The molecule has 0 aliphatic rings. The molecule has 1 aromatic heterocycles. The van der Waals surface area contributed by atoms with Gasteiger partial charge < -0.3 is 4.42 Å². The van der Waals surface area contributed by atoms with Gasteiger partial charge >= 0.3 is 0 Å². The predicted molar refractivity (Wildman–Crippen MR) is 33.7 cm³/mol. The molecule has 0 spiro atoms. The highest BCUT2D eigenvalue weighted by Crippen LogP contribution is 2.12. The molecule has 3 heteroatoms. The SMILES string of the molecule is CC(=O)c1cc(Cl)co1. The fourth-order valence-electron chi connectivity index (χ4n) is 0.498. The number of hydrogen-bond acceptors (Lipinski definition) is 2. The Morgan fingerprint density at radius 2 is 2.44 bits per heavy atom. The second-order valence-electron chi connectivity index (χ2n) is 1.69. The summed E-state index contributed by atoms with van der Waals surface area (Å²) in [5.74, 6) is 0.196. The average Bonchev–Trinajstić information content (AvgIpc) is 2.14. The van der Waals surface area contributed by atoms with Gasteiger partial charge in [0.05, 0.1) is 5.02 Å². The Bertz CT molecular complexity index is 227. The maximum atomic E-state index is 10.5. The van der Waals surface area contributed by atoms with E-state index in [4.69, 9.17) is 16.0 Å². The van der Waals surface area contributed by atoms with Crippen LogP contribution in [-0.4, -0.2) is 5.78 Å². The lowest BCUT2D eigenvalue weighted by Gasteiger charge is -1.80. The molecule has 2 nitrogen and oxygen atoms in total. The minimum atomic E-state index is -0.109. The molecule has 0 amide bonds. The normalized spacial score (nSPS) is 9.56. The number of hydrogen-bond donors (Lipinski definition) is 0. The maximum absolute atomic E-state index is 10.5. The van der Waals surface area contributed by atoms with Crippen LogP contribution < -0.4 is 0 Å². The summed E-state index contributed by atoms with van der Waals surface area (Å²) in [5, 5.41) is 0.459. The van der Waals surface area contributed by atoms with E-state index in [9.17, 15) is 4.79 Å². The van der Waals surface area contributed by atoms with Gasteiger partial charge in [-0.25, -0.2) is 0 Å². The van der Waals surface area contributed by atoms with Crippen LogP contribution in [0.3, 0.4) is 0 Å². The van der Waals surface area contributed by atoms with Crippen molar-refractivity contribution in [2.45, 2.75) is 6.92 Å². The molecule has 0 aliphatic carbocycles. The molecule has 0 bridgehead atoms. The highest BCUT2D eigenvalue weighted by atomic mass is 35.5. The molecule has 0 N–H and O–H groups in total. The van der Waals surface area contributed by atoms with Crippen molar-refractivity contribution in [3.8, 4) is 0 Å². The van der Waals surface area contributed by atoms with Gasteiger partial charge in [-0.1, -0.05) is 11.6 Å². The van der Waals surface area contributed by atoms with Crippen LogP contribution in [0, 0.1) is 0 Å². The third-order valence-corrected chi connectivity index (χ3v) is 1.11. The van der Waals surface area contributed by atoms with E-state index < -0.39 is 0 Å². The molecular weight excluding hydrogens is 140 g/mol. The first kappa shape index (κ1) is 6.36. The van der Waals surface area contributed by atoms with E-state index in [-0.39, 0.29) is 5.78 Å². The van der Waals surface area contributed by atoms with Gasteiger partial charge in [0.2, 0.25) is 0 Å². The van der Waals surface area contributed by atoms with E-state index in [2.05, 4.69) is 0 Å². The minimum absolute atomic E-state index is 0.109. The summed E-state index contributed by atoms with van der Waals surface area (Å²) in [6, 6.07) is 1.49. The molecule has 9 heavy (non-hydrogen) atoms. The molecule has 0 aliphatic heterocycles. The standard InChI is InChI=1S/C6H5ClO2/c1-4(8)6-2-5(7)3-9-6/h2-3H,1H3. The maximum Gasteiger partial charge on any atom is 0.194 e. The van der Waals surface area contributed by atoms with E-state index in [1.807, 2.05) is 0 Å². The molecule has 0 saturated carbocycles. The van der Waals surface area contributed by atoms with Gasteiger partial charge in [-0.05, 0) is 0 Å². The molecule has 1 aromatic rings. The van der Waals surface area contributed by atoms with Gasteiger partial charge in [-0.3, -0.25) is 4.79 Å². The number of ketones is 1. The minimum Gasteiger partial charge on any atom is -0.460 e. The van der Waals surface area contributed by atoms with Crippen LogP contribution in [0.25, 0.3) is 0 Å². The predicted octanol–water partition coefficient (Wildman–Crippen LogP) is 2.14. The van der Waals surface area contributed by atoms with Crippen LogP contribution in [-0.2, 0) is 0 Å². The lowest BCUT2D eigenvalue weighted by Crippen LogP contribution is -1.85. The van der Waals surface area contributed by atoms with Crippen LogP contribution in [0.1, 0.15) is 17.5 Å². The van der Waals surface area contributed by atoms with Gasteiger partial charge in [-0.15, -0.1) is 0 Å². The molecule has 0 atom stereocenters. The first-order chi connectivity index (χ1) is 4.20. The van der Waals surface area contributed by atoms with Crippen molar-refractivity contribution in [3.05, 3.63) is 23.1 Å². The molecular formula is C6H5ClO2. The zero-order chi connectivity index (χ0) is 6.85. The summed E-state index contributed by atoms with van der Waals surface area (Å²) in [4.78, 5) is 10.5. The molecule has 0 unspecified atom stereocenters. The van der Waals surface area contributed by atoms with Gasteiger partial charge in [0.15, 0.2) is 11.5 Å². The summed E-state index contributed by atoms with van der Waals surface area (Å²) in [6.07, 6.45) is 1.33. The summed E-state index contributed by atoms with van der Waals surface area (Å²) in [7, 11) is 0. The fourth-order valence-corrected chi connectivity index (χ4v) is 0.641. The van der Waals surface area contributed by atoms with E-state index in [1.165, 1.54) is 19.3 Å². The summed E-state index contributed by atoms with van der Waals surface area (Å²) >= 11 is 5.46. The van der Waals surface area contributed by atoms with Crippen molar-refractivity contribution in [2.24, 2.45) is 0 Å². The monoisotopic (exact) mass is 144 g/mol. The van der Waals surface area contributed by atoms with Crippen molar-refractivity contribution >= 4 is 17.4 Å².